The van der Waals surface area contributed by atoms with Gasteiger partial charge in [-0.25, -0.2) is 0 Å². The van der Waals surface area contributed by atoms with E-state index >= 15 is 0 Å². The quantitative estimate of drug-likeness (QED) is 0.556. The Balaban J connectivity index is 2.44. The Hall–Kier alpha value is -1.61. The summed E-state index contributed by atoms with van der Waals surface area (Å²) in [5.74, 6) is -0.783. The second-order valence-corrected chi connectivity index (χ2v) is 3.47. The van der Waals surface area contributed by atoms with Crippen molar-refractivity contribution in [3.8, 4) is 6.07 Å². The summed E-state index contributed by atoms with van der Waals surface area (Å²) in [5.41, 5.74) is 4.91. The lowest BCUT2D eigenvalue weighted by Crippen LogP contribution is -2.45. The molecule has 1 unspecified atom stereocenters. The van der Waals surface area contributed by atoms with Crippen molar-refractivity contribution >= 4 is 11.8 Å². The summed E-state index contributed by atoms with van der Waals surface area (Å²) in [6, 6.07) is 1.73. The molecule has 1 aliphatic rings. The number of primary amides is 1. The van der Waals surface area contributed by atoms with Crippen molar-refractivity contribution in [2.24, 2.45) is 5.73 Å². The van der Waals surface area contributed by atoms with Gasteiger partial charge in [0.2, 0.25) is 11.8 Å². The zero-order valence-electron chi connectivity index (χ0n) is 8.40. The van der Waals surface area contributed by atoms with Crippen molar-refractivity contribution < 1.29 is 9.59 Å². The van der Waals surface area contributed by atoms with Crippen LogP contribution in [0.4, 0.5) is 0 Å². The van der Waals surface area contributed by atoms with Crippen LogP contribution in [-0.4, -0.2) is 42.4 Å². The van der Waals surface area contributed by atoms with Crippen LogP contribution >= 0.6 is 0 Å². The summed E-state index contributed by atoms with van der Waals surface area (Å²) in [4.78, 5) is 23.8. The van der Waals surface area contributed by atoms with Gasteiger partial charge in [0, 0.05) is 6.54 Å². The predicted molar refractivity (Wildman–Crippen MR) is 52.4 cm³/mol. The number of nitriles is 1. The van der Waals surface area contributed by atoms with Gasteiger partial charge >= 0.3 is 0 Å². The fraction of sp³-hybridized carbons (Fsp3) is 0.667. The molecule has 1 fully saturated rings. The molecule has 0 spiro atoms. The van der Waals surface area contributed by atoms with Crippen LogP contribution < -0.4 is 11.1 Å². The average Bonchev–Trinajstić information content (AvgIpc) is 2.63. The molecule has 6 heteroatoms. The van der Waals surface area contributed by atoms with Crippen LogP contribution in [0.5, 0.6) is 0 Å². The number of carbonyl (C=O) groups is 2. The number of nitrogens with two attached hydrogens (primary N) is 1. The molecule has 1 atom stereocenters. The molecular formula is C9H14N4O2. The number of amides is 2. The molecule has 0 saturated carbocycles. The Morgan fingerprint density at radius 2 is 2.33 bits per heavy atom. The molecule has 0 aromatic carbocycles. The van der Waals surface area contributed by atoms with Crippen molar-refractivity contribution in [1.29, 1.82) is 5.26 Å². The molecule has 2 amide bonds. The maximum Gasteiger partial charge on any atom is 0.237 e. The second kappa shape index (κ2) is 5.32. The summed E-state index contributed by atoms with van der Waals surface area (Å²) in [6.45, 7) is 0.854. The molecular weight excluding hydrogens is 196 g/mol. The minimum atomic E-state index is -0.562. The van der Waals surface area contributed by atoms with Crippen LogP contribution in [0, 0.1) is 11.3 Å². The Labute approximate surface area is 88.0 Å². The Morgan fingerprint density at radius 3 is 2.93 bits per heavy atom. The Kier molecular flexibility index (Phi) is 4.06. The lowest BCUT2D eigenvalue weighted by molar-refractivity contribution is -0.127. The topological polar surface area (TPSA) is 99.2 Å². The van der Waals surface area contributed by atoms with Crippen LogP contribution in [0.3, 0.4) is 0 Å². The highest BCUT2D eigenvalue weighted by Crippen LogP contribution is 2.16. The van der Waals surface area contributed by atoms with Crippen LogP contribution in [0.1, 0.15) is 12.8 Å². The van der Waals surface area contributed by atoms with Crippen LogP contribution in [0.2, 0.25) is 0 Å². The van der Waals surface area contributed by atoms with Gasteiger partial charge in [-0.3, -0.25) is 14.5 Å². The zero-order chi connectivity index (χ0) is 11.3. The van der Waals surface area contributed by atoms with Crippen molar-refractivity contribution in [2.45, 2.75) is 18.9 Å². The monoisotopic (exact) mass is 210 g/mol. The first-order chi connectivity index (χ1) is 7.15. The molecule has 0 bridgehead atoms. The van der Waals surface area contributed by atoms with E-state index in [1.807, 2.05) is 6.07 Å². The first-order valence-electron chi connectivity index (χ1n) is 4.82. The maximum absolute atomic E-state index is 11.6. The summed E-state index contributed by atoms with van der Waals surface area (Å²) in [5, 5.41) is 11.0. The van der Waals surface area contributed by atoms with Crippen molar-refractivity contribution in [2.75, 3.05) is 19.6 Å². The molecule has 0 aliphatic carbocycles. The van der Waals surface area contributed by atoms with E-state index in [2.05, 4.69) is 5.32 Å². The normalized spacial score (nSPS) is 20.9. The van der Waals surface area contributed by atoms with Gasteiger partial charge in [0.25, 0.3) is 0 Å². The van der Waals surface area contributed by atoms with E-state index < -0.39 is 5.91 Å². The number of likely N-dealkylation sites (tertiary alicyclic amines) is 1. The molecule has 0 aromatic heterocycles. The van der Waals surface area contributed by atoms with E-state index in [0.29, 0.717) is 0 Å². The Morgan fingerprint density at radius 1 is 1.60 bits per heavy atom. The van der Waals surface area contributed by atoms with Gasteiger partial charge in [-0.2, -0.15) is 5.26 Å². The highest BCUT2D eigenvalue weighted by molar-refractivity contribution is 5.86. The van der Waals surface area contributed by atoms with Gasteiger partial charge in [0.15, 0.2) is 0 Å². The minimum Gasteiger partial charge on any atom is -0.368 e. The first-order valence-corrected chi connectivity index (χ1v) is 4.82. The molecule has 1 aliphatic heterocycles. The van der Waals surface area contributed by atoms with Crippen LogP contribution in [0.15, 0.2) is 0 Å². The van der Waals surface area contributed by atoms with E-state index in [9.17, 15) is 9.59 Å². The smallest absolute Gasteiger partial charge is 0.237 e. The van der Waals surface area contributed by atoms with Gasteiger partial charge < -0.3 is 11.1 Å². The number of rotatable bonds is 4. The summed E-state index contributed by atoms with van der Waals surface area (Å²) < 4.78 is 0. The van der Waals surface area contributed by atoms with E-state index in [0.717, 1.165) is 19.4 Å². The maximum atomic E-state index is 11.6. The number of nitrogens with one attached hydrogen (secondary N) is 1. The van der Waals surface area contributed by atoms with Gasteiger partial charge in [-0.15, -0.1) is 0 Å². The number of nitrogens with zero attached hydrogens (tertiary/aromatic N) is 2. The van der Waals surface area contributed by atoms with Gasteiger partial charge in [-0.05, 0) is 12.8 Å². The van der Waals surface area contributed by atoms with Crippen molar-refractivity contribution in [1.82, 2.24) is 10.2 Å². The SMILES string of the molecule is N#CCN1CCCC1C(=O)NCC(N)=O. The standard InChI is InChI=1S/C9H14N4O2/c10-3-5-13-4-1-2-7(13)9(15)12-6-8(11)14/h7H,1-2,4-6H2,(H2,11,14)(H,12,15). The van der Waals surface area contributed by atoms with Crippen molar-refractivity contribution in [3.05, 3.63) is 0 Å². The third kappa shape index (κ3) is 3.22. The number of hydrogen-bond donors (Lipinski definition) is 2. The molecule has 6 nitrogen and oxygen atoms in total. The minimum absolute atomic E-state index is 0.143. The van der Waals surface area contributed by atoms with E-state index in [-0.39, 0.29) is 25.0 Å². The third-order valence-corrected chi connectivity index (χ3v) is 2.38. The largest absolute Gasteiger partial charge is 0.368 e. The summed E-state index contributed by atoms with van der Waals surface area (Å²) >= 11 is 0. The van der Waals surface area contributed by atoms with E-state index in [1.54, 1.807) is 4.90 Å². The summed E-state index contributed by atoms with van der Waals surface area (Å²) in [6.07, 6.45) is 1.63. The second-order valence-electron chi connectivity index (χ2n) is 3.47. The molecule has 82 valence electrons. The van der Waals surface area contributed by atoms with Gasteiger partial charge in [0.1, 0.15) is 0 Å². The fourth-order valence-corrected chi connectivity index (χ4v) is 1.70. The number of hydrogen-bond acceptors (Lipinski definition) is 4. The highest BCUT2D eigenvalue weighted by atomic mass is 16.2. The lowest BCUT2D eigenvalue weighted by atomic mass is 10.2. The summed E-state index contributed by atoms with van der Waals surface area (Å²) in [7, 11) is 0. The third-order valence-electron chi connectivity index (χ3n) is 2.38. The van der Waals surface area contributed by atoms with Crippen LogP contribution in [0.25, 0.3) is 0 Å². The van der Waals surface area contributed by atoms with Crippen molar-refractivity contribution in [3.63, 3.8) is 0 Å². The first kappa shape index (κ1) is 11.5. The molecule has 1 saturated heterocycles. The molecule has 1 rings (SSSR count). The van der Waals surface area contributed by atoms with Gasteiger partial charge in [-0.1, -0.05) is 0 Å². The van der Waals surface area contributed by atoms with Gasteiger partial charge in [0.05, 0.1) is 25.2 Å². The fourth-order valence-electron chi connectivity index (χ4n) is 1.70. The molecule has 0 radical (unpaired) electrons. The Bertz CT molecular complexity index is 297. The molecule has 0 aromatic rings. The number of carbonyl (C=O) groups excluding carboxylic acids is 2. The molecule has 15 heavy (non-hydrogen) atoms. The highest BCUT2D eigenvalue weighted by Gasteiger charge is 2.30. The molecule has 1 heterocycles. The molecule has 3 N–H and O–H groups in total. The average molecular weight is 210 g/mol. The zero-order valence-corrected chi connectivity index (χ0v) is 8.40. The van der Waals surface area contributed by atoms with E-state index in [1.165, 1.54) is 0 Å². The van der Waals surface area contributed by atoms with E-state index in [4.69, 9.17) is 11.0 Å². The van der Waals surface area contributed by atoms with Crippen LogP contribution in [-0.2, 0) is 9.59 Å². The lowest BCUT2D eigenvalue weighted by Gasteiger charge is -2.20. The predicted octanol–water partition coefficient (Wildman–Crippen LogP) is -1.42.